The third-order valence-electron chi connectivity index (χ3n) is 3.32. The summed E-state index contributed by atoms with van der Waals surface area (Å²) in [7, 11) is 0. The zero-order chi connectivity index (χ0) is 14.7. The lowest BCUT2D eigenvalue weighted by Gasteiger charge is -2.34. The first-order chi connectivity index (χ1) is 9.45. The standard InChI is InChI=1S/C13H18BrN3O3/c1-9(15)13-8-16(2-3-20-13)7-10-4-11(14)6-12(5-10)17(18)19/h4-6,9,13H,2-3,7-8,15H2,1H3. The van der Waals surface area contributed by atoms with Crippen molar-refractivity contribution in [2.45, 2.75) is 25.6 Å². The number of morpholine rings is 1. The van der Waals surface area contributed by atoms with Crippen molar-refractivity contribution in [3.8, 4) is 0 Å². The first-order valence-corrected chi connectivity index (χ1v) is 7.28. The molecule has 6 nitrogen and oxygen atoms in total. The van der Waals surface area contributed by atoms with Gasteiger partial charge in [-0.1, -0.05) is 15.9 Å². The van der Waals surface area contributed by atoms with Crippen molar-refractivity contribution in [3.63, 3.8) is 0 Å². The Kier molecular flexibility index (Phi) is 5.09. The van der Waals surface area contributed by atoms with Crippen molar-refractivity contribution < 1.29 is 9.66 Å². The summed E-state index contributed by atoms with van der Waals surface area (Å²) >= 11 is 3.31. The Labute approximate surface area is 126 Å². The summed E-state index contributed by atoms with van der Waals surface area (Å²) in [6.45, 7) is 4.79. The van der Waals surface area contributed by atoms with Crippen molar-refractivity contribution in [2.75, 3.05) is 19.7 Å². The van der Waals surface area contributed by atoms with Gasteiger partial charge in [0.05, 0.1) is 17.6 Å². The summed E-state index contributed by atoms with van der Waals surface area (Å²) in [5.74, 6) is 0. The van der Waals surface area contributed by atoms with E-state index in [0.717, 1.165) is 23.1 Å². The van der Waals surface area contributed by atoms with E-state index in [1.165, 1.54) is 6.07 Å². The van der Waals surface area contributed by atoms with Crippen LogP contribution in [0.15, 0.2) is 22.7 Å². The van der Waals surface area contributed by atoms with E-state index in [4.69, 9.17) is 10.5 Å². The number of nitro benzene ring substituents is 1. The second kappa shape index (κ2) is 6.62. The van der Waals surface area contributed by atoms with E-state index >= 15 is 0 Å². The highest BCUT2D eigenvalue weighted by atomic mass is 79.9. The molecule has 0 bridgehead atoms. The van der Waals surface area contributed by atoms with E-state index in [0.29, 0.717) is 13.2 Å². The van der Waals surface area contributed by atoms with Crippen LogP contribution in [0.2, 0.25) is 0 Å². The van der Waals surface area contributed by atoms with Crippen LogP contribution >= 0.6 is 15.9 Å². The smallest absolute Gasteiger partial charge is 0.270 e. The van der Waals surface area contributed by atoms with Crippen molar-refractivity contribution in [1.29, 1.82) is 0 Å². The van der Waals surface area contributed by atoms with Gasteiger partial charge in [-0.3, -0.25) is 15.0 Å². The molecule has 2 rings (SSSR count). The Balaban J connectivity index is 2.07. The molecule has 2 N–H and O–H groups in total. The van der Waals surface area contributed by atoms with Gasteiger partial charge in [0.25, 0.3) is 5.69 Å². The van der Waals surface area contributed by atoms with E-state index in [2.05, 4.69) is 20.8 Å². The number of nitrogens with zero attached hydrogens (tertiary/aromatic N) is 2. The quantitative estimate of drug-likeness (QED) is 0.666. The molecule has 2 unspecified atom stereocenters. The molecule has 0 amide bonds. The molecule has 1 heterocycles. The Morgan fingerprint density at radius 3 is 3.00 bits per heavy atom. The first-order valence-electron chi connectivity index (χ1n) is 6.49. The van der Waals surface area contributed by atoms with E-state index < -0.39 is 0 Å². The second-order valence-corrected chi connectivity index (χ2v) is 5.99. The maximum atomic E-state index is 10.9. The van der Waals surface area contributed by atoms with Crippen LogP contribution in [0.5, 0.6) is 0 Å². The highest BCUT2D eigenvalue weighted by Gasteiger charge is 2.23. The maximum absolute atomic E-state index is 10.9. The number of hydrogen-bond donors (Lipinski definition) is 1. The predicted octanol–water partition coefficient (Wildman–Crippen LogP) is 1.91. The van der Waals surface area contributed by atoms with Gasteiger partial charge in [0.2, 0.25) is 0 Å². The summed E-state index contributed by atoms with van der Waals surface area (Å²) in [5.41, 5.74) is 6.88. The lowest BCUT2D eigenvalue weighted by atomic mass is 10.1. The number of halogens is 1. The summed E-state index contributed by atoms with van der Waals surface area (Å²) in [4.78, 5) is 12.7. The van der Waals surface area contributed by atoms with Crippen LogP contribution < -0.4 is 5.73 Å². The third-order valence-corrected chi connectivity index (χ3v) is 3.78. The molecule has 0 aromatic heterocycles. The number of nitrogens with two attached hydrogens (primary N) is 1. The second-order valence-electron chi connectivity index (χ2n) is 5.08. The molecule has 7 heteroatoms. The molecule has 0 saturated carbocycles. The Morgan fingerprint density at radius 1 is 1.60 bits per heavy atom. The van der Waals surface area contributed by atoms with E-state index in [9.17, 15) is 10.1 Å². The Hall–Kier alpha value is -1.02. The SMILES string of the molecule is CC(N)C1CN(Cc2cc(Br)cc([N+](=O)[O-])c2)CCO1. The van der Waals surface area contributed by atoms with Crippen LogP contribution in [0.4, 0.5) is 5.69 Å². The molecule has 1 aromatic rings. The van der Waals surface area contributed by atoms with Crippen molar-refractivity contribution in [2.24, 2.45) is 5.73 Å². The van der Waals surface area contributed by atoms with Crippen molar-refractivity contribution >= 4 is 21.6 Å². The van der Waals surface area contributed by atoms with Gasteiger partial charge in [0.1, 0.15) is 0 Å². The molecule has 1 fully saturated rings. The number of benzene rings is 1. The largest absolute Gasteiger partial charge is 0.374 e. The fourth-order valence-electron chi connectivity index (χ4n) is 2.28. The highest BCUT2D eigenvalue weighted by Crippen LogP contribution is 2.23. The van der Waals surface area contributed by atoms with E-state index in [1.807, 2.05) is 13.0 Å². The average molecular weight is 344 g/mol. The van der Waals surface area contributed by atoms with Gasteiger partial charge in [0.15, 0.2) is 0 Å². The monoisotopic (exact) mass is 343 g/mol. The summed E-state index contributed by atoms with van der Waals surface area (Å²) in [6.07, 6.45) is 0.0193. The molecule has 0 radical (unpaired) electrons. The zero-order valence-corrected chi connectivity index (χ0v) is 12.9. The zero-order valence-electron chi connectivity index (χ0n) is 11.3. The molecule has 1 aliphatic heterocycles. The van der Waals surface area contributed by atoms with Gasteiger partial charge in [-0.15, -0.1) is 0 Å². The number of non-ortho nitro benzene ring substituents is 1. The minimum absolute atomic E-state index is 0.0188. The molecule has 1 aromatic carbocycles. The number of ether oxygens (including phenoxy) is 1. The molecule has 1 aliphatic rings. The molecule has 2 atom stereocenters. The molecule has 110 valence electrons. The van der Waals surface area contributed by atoms with Crippen LogP contribution in [-0.2, 0) is 11.3 Å². The minimum Gasteiger partial charge on any atom is -0.374 e. The maximum Gasteiger partial charge on any atom is 0.270 e. The Morgan fingerprint density at radius 2 is 2.35 bits per heavy atom. The van der Waals surface area contributed by atoms with Crippen LogP contribution in [0.25, 0.3) is 0 Å². The van der Waals surface area contributed by atoms with Gasteiger partial charge in [0, 0.05) is 42.3 Å². The predicted molar refractivity (Wildman–Crippen MR) is 79.5 cm³/mol. The van der Waals surface area contributed by atoms with Gasteiger partial charge < -0.3 is 10.5 Å². The molecular weight excluding hydrogens is 326 g/mol. The average Bonchev–Trinajstić information content (AvgIpc) is 2.38. The fourth-order valence-corrected chi connectivity index (χ4v) is 2.81. The molecule has 0 aliphatic carbocycles. The van der Waals surface area contributed by atoms with Gasteiger partial charge in [-0.05, 0) is 18.6 Å². The van der Waals surface area contributed by atoms with Crippen molar-refractivity contribution in [3.05, 3.63) is 38.3 Å². The molecular formula is C13H18BrN3O3. The summed E-state index contributed by atoms with van der Waals surface area (Å²) in [5, 5.41) is 10.9. The van der Waals surface area contributed by atoms with Gasteiger partial charge in [-0.2, -0.15) is 0 Å². The summed E-state index contributed by atoms with van der Waals surface area (Å²) < 4.78 is 6.33. The third kappa shape index (κ3) is 3.99. The van der Waals surface area contributed by atoms with Crippen molar-refractivity contribution in [1.82, 2.24) is 4.90 Å². The minimum atomic E-state index is -0.377. The number of rotatable bonds is 4. The lowest BCUT2D eigenvalue weighted by molar-refractivity contribution is -0.385. The van der Waals surface area contributed by atoms with Crippen LogP contribution in [-0.4, -0.2) is 41.7 Å². The lowest BCUT2D eigenvalue weighted by Crippen LogP contribution is -2.49. The molecule has 1 saturated heterocycles. The highest BCUT2D eigenvalue weighted by molar-refractivity contribution is 9.10. The van der Waals surface area contributed by atoms with E-state index in [-0.39, 0.29) is 22.8 Å². The summed E-state index contributed by atoms with van der Waals surface area (Å²) in [6, 6.07) is 5.01. The Bertz CT molecular complexity index is 496. The molecule has 20 heavy (non-hydrogen) atoms. The van der Waals surface area contributed by atoms with Crippen LogP contribution in [0.3, 0.4) is 0 Å². The first kappa shape index (κ1) is 15.4. The fraction of sp³-hybridized carbons (Fsp3) is 0.538. The number of nitro groups is 1. The normalized spacial score (nSPS) is 21.6. The van der Waals surface area contributed by atoms with Crippen LogP contribution in [0, 0.1) is 10.1 Å². The van der Waals surface area contributed by atoms with Crippen LogP contribution in [0.1, 0.15) is 12.5 Å². The number of hydrogen-bond acceptors (Lipinski definition) is 5. The van der Waals surface area contributed by atoms with Gasteiger partial charge >= 0.3 is 0 Å². The van der Waals surface area contributed by atoms with Gasteiger partial charge in [-0.25, -0.2) is 0 Å². The molecule has 0 spiro atoms. The van der Waals surface area contributed by atoms with E-state index in [1.54, 1.807) is 6.07 Å². The topological polar surface area (TPSA) is 81.6 Å².